The summed E-state index contributed by atoms with van der Waals surface area (Å²) in [5, 5.41) is 2.65. The number of nitrogens with zero attached hydrogens (tertiary/aromatic N) is 1. The van der Waals surface area contributed by atoms with Crippen LogP contribution in [0.2, 0.25) is 5.02 Å². The normalized spacial score (nSPS) is 15.6. The summed E-state index contributed by atoms with van der Waals surface area (Å²) in [5.41, 5.74) is 0.671. The summed E-state index contributed by atoms with van der Waals surface area (Å²) in [6.45, 7) is 3.80. The Balaban J connectivity index is 2.02. The van der Waals surface area contributed by atoms with Crippen LogP contribution in [0.15, 0.2) is 42.0 Å². The summed E-state index contributed by atoms with van der Waals surface area (Å²) < 4.78 is 11.9. The van der Waals surface area contributed by atoms with Crippen LogP contribution in [0.5, 0.6) is 11.5 Å². The Morgan fingerprint density at radius 1 is 1.13 bits per heavy atom. The second-order valence-electron chi connectivity index (χ2n) is 6.63. The Morgan fingerprint density at radius 3 is 2.40 bits per heavy atom. The van der Waals surface area contributed by atoms with Gasteiger partial charge in [-0.15, -0.1) is 0 Å². The van der Waals surface area contributed by atoms with E-state index in [4.69, 9.17) is 21.1 Å². The van der Waals surface area contributed by atoms with E-state index in [1.54, 1.807) is 24.3 Å². The highest BCUT2D eigenvalue weighted by Crippen LogP contribution is 2.35. The van der Waals surface area contributed by atoms with E-state index in [9.17, 15) is 14.4 Å². The molecule has 3 rings (SSSR count). The smallest absolute Gasteiger partial charge is 0.335 e. The molecule has 0 unspecified atom stereocenters. The van der Waals surface area contributed by atoms with Crippen molar-refractivity contribution in [1.82, 2.24) is 5.32 Å². The van der Waals surface area contributed by atoms with Crippen LogP contribution in [0.1, 0.15) is 19.4 Å². The van der Waals surface area contributed by atoms with E-state index in [0.29, 0.717) is 27.8 Å². The second-order valence-corrected chi connectivity index (χ2v) is 8.23. The van der Waals surface area contributed by atoms with Crippen molar-refractivity contribution in [2.75, 3.05) is 12.0 Å². The minimum Gasteiger partial charge on any atom is -0.493 e. The fraction of sp³-hybridized carbons (Fsp3) is 0.190. The SMILES string of the molecule is COc1cc(/C=C2\C(=O)NC(=O)N(c3ccc(Cl)cc3)C2=O)cc(I)c1OC(C)C. The van der Waals surface area contributed by atoms with Gasteiger partial charge in [-0.3, -0.25) is 14.9 Å². The monoisotopic (exact) mass is 540 g/mol. The average molecular weight is 541 g/mol. The first kappa shape index (κ1) is 22.1. The van der Waals surface area contributed by atoms with Gasteiger partial charge in [0, 0.05) is 5.02 Å². The van der Waals surface area contributed by atoms with Gasteiger partial charge in [0.15, 0.2) is 11.5 Å². The van der Waals surface area contributed by atoms with Crippen LogP contribution in [-0.2, 0) is 9.59 Å². The Kier molecular flexibility index (Phi) is 6.67. The number of halogens is 2. The number of anilines is 1. The van der Waals surface area contributed by atoms with E-state index >= 15 is 0 Å². The standard InChI is InChI=1S/C21H18ClIN2O5/c1-11(2)30-18-16(23)9-12(10-17(18)29-3)8-15-19(26)24-21(28)25(20(15)27)14-6-4-13(22)5-7-14/h4-11H,1-3H3,(H,24,26,28)/b15-8+. The Labute approximate surface area is 192 Å². The number of ether oxygens (including phenoxy) is 2. The fourth-order valence-electron chi connectivity index (χ4n) is 2.82. The quantitative estimate of drug-likeness (QED) is 0.345. The highest BCUT2D eigenvalue weighted by atomic mass is 127. The fourth-order valence-corrected chi connectivity index (χ4v) is 3.70. The Bertz CT molecular complexity index is 1050. The van der Waals surface area contributed by atoms with Crippen molar-refractivity contribution in [3.05, 3.63) is 56.1 Å². The molecule has 9 heteroatoms. The molecule has 1 N–H and O–H groups in total. The van der Waals surface area contributed by atoms with Crippen molar-refractivity contribution in [2.24, 2.45) is 0 Å². The van der Waals surface area contributed by atoms with Gasteiger partial charge in [-0.05, 0) is 84.5 Å². The third-order valence-corrected chi connectivity index (χ3v) is 5.16. The molecule has 1 fully saturated rings. The summed E-state index contributed by atoms with van der Waals surface area (Å²) in [5.74, 6) is -0.460. The van der Waals surface area contributed by atoms with Crippen LogP contribution in [0.25, 0.3) is 6.08 Å². The molecule has 0 radical (unpaired) electrons. The molecule has 1 aliphatic heterocycles. The van der Waals surface area contributed by atoms with E-state index in [0.717, 1.165) is 8.47 Å². The molecule has 2 aromatic carbocycles. The number of hydrogen-bond donors (Lipinski definition) is 1. The van der Waals surface area contributed by atoms with Crippen molar-refractivity contribution in [2.45, 2.75) is 20.0 Å². The molecule has 30 heavy (non-hydrogen) atoms. The number of benzene rings is 2. The van der Waals surface area contributed by atoms with Gasteiger partial charge < -0.3 is 9.47 Å². The zero-order valence-electron chi connectivity index (χ0n) is 16.4. The van der Waals surface area contributed by atoms with Crippen LogP contribution in [0, 0.1) is 3.57 Å². The number of imide groups is 2. The van der Waals surface area contributed by atoms with Gasteiger partial charge in [0.2, 0.25) is 0 Å². The number of hydrogen-bond acceptors (Lipinski definition) is 5. The first-order chi connectivity index (χ1) is 14.2. The largest absolute Gasteiger partial charge is 0.493 e. The molecular weight excluding hydrogens is 523 g/mol. The molecule has 0 aliphatic carbocycles. The number of barbiturate groups is 1. The molecule has 156 valence electrons. The lowest BCUT2D eigenvalue weighted by Gasteiger charge is -2.26. The topological polar surface area (TPSA) is 84.9 Å². The van der Waals surface area contributed by atoms with E-state index in [1.807, 2.05) is 13.8 Å². The van der Waals surface area contributed by atoms with Gasteiger partial charge in [0.25, 0.3) is 11.8 Å². The van der Waals surface area contributed by atoms with Gasteiger partial charge in [0.05, 0.1) is 22.5 Å². The minimum atomic E-state index is -0.822. The molecule has 1 aliphatic rings. The van der Waals surface area contributed by atoms with Crippen molar-refractivity contribution in [3.8, 4) is 11.5 Å². The molecule has 0 spiro atoms. The van der Waals surface area contributed by atoms with Crippen molar-refractivity contribution in [3.63, 3.8) is 0 Å². The summed E-state index contributed by atoms with van der Waals surface area (Å²) in [6.07, 6.45) is 1.36. The third-order valence-electron chi connectivity index (χ3n) is 4.10. The molecule has 7 nitrogen and oxygen atoms in total. The van der Waals surface area contributed by atoms with E-state index in [2.05, 4.69) is 27.9 Å². The zero-order chi connectivity index (χ0) is 22.0. The summed E-state index contributed by atoms with van der Waals surface area (Å²) in [4.78, 5) is 38.5. The first-order valence-corrected chi connectivity index (χ1v) is 10.4. The average Bonchev–Trinajstić information content (AvgIpc) is 2.68. The van der Waals surface area contributed by atoms with Crippen LogP contribution in [-0.4, -0.2) is 31.1 Å². The number of carbonyl (C=O) groups excluding carboxylic acids is 3. The summed E-state index contributed by atoms with van der Waals surface area (Å²) in [6, 6.07) is 8.76. The predicted molar refractivity (Wildman–Crippen MR) is 122 cm³/mol. The van der Waals surface area contributed by atoms with Gasteiger partial charge in [-0.2, -0.15) is 0 Å². The maximum absolute atomic E-state index is 13.0. The van der Waals surface area contributed by atoms with Crippen LogP contribution in [0.4, 0.5) is 10.5 Å². The van der Waals surface area contributed by atoms with Gasteiger partial charge in [-0.1, -0.05) is 11.6 Å². The van der Waals surface area contributed by atoms with Gasteiger partial charge >= 0.3 is 6.03 Å². The number of rotatable bonds is 5. The third kappa shape index (κ3) is 4.59. The summed E-state index contributed by atoms with van der Waals surface area (Å²) >= 11 is 7.97. The molecule has 2 aromatic rings. The van der Waals surface area contributed by atoms with E-state index in [-0.39, 0.29) is 11.7 Å². The molecule has 1 saturated heterocycles. The van der Waals surface area contributed by atoms with Gasteiger partial charge in [0.1, 0.15) is 5.57 Å². The molecule has 0 saturated carbocycles. The van der Waals surface area contributed by atoms with Crippen molar-refractivity contribution >= 4 is 63.8 Å². The van der Waals surface area contributed by atoms with Crippen molar-refractivity contribution in [1.29, 1.82) is 0 Å². The number of carbonyl (C=O) groups is 3. The highest BCUT2D eigenvalue weighted by Gasteiger charge is 2.36. The molecule has 0 bridgehead atoms. The first-order valence-electron chi connectivity index (χ1n) is 8.92. The Morgan fingerprint density at radius 2 is 1.80 bits per heavy atom. The lowest BCUT2D eigenvalue weighted by molar-refractivity contribution is -0.122. The lowest BCUT2D eigenvalue weighted by atomic mass is 10.1. The maximum atomic E-state index is 13.0. The molecule has 0 aromatic heterocycles. The van der Waals surface area contributed by atoms with E-state index < -0.39 is 17.8 Å². The van der Waals surface area contributed by atoms with E-state index in [1.165, 1.54) is 25.3 Å². The Hall–Kier alpha value is -2.59. The molecule has 4 amide bonds. The molecule has 1 heterocycles. The number of nitrogens with one attached hydrogen (secondary N) is 1. The maximum Gasteiger partial charge on any atom is 0.335 e. The number of amides is 4. The zero-order valence-corrected chi connectivity index (χ0v) is 19.3. The number of methoxy groups -OCH3 is 1. The van der Waals surface area contributed by atoms with Gasteiger partial charge in [-0.25, -0.2) is 9.69 Å². The molecular formula is C21H18ClIN2O5. The van der Waals surface area contributed by atoms with Crippen LogP contribution < -0.4 is 19.7 Å². The molecule has 0 atom stereocenters. The summed E-state index contributed by atoms with van der Waals surface area (Å²) in [7, 11) is 1.51. The van der Waals surface area contributed by atoms with Crippen LogP contribution in [0.3, 0.4) is 0 Å². The van der Waals surface area contributed by atoms with Crippen LogP contribution >= 0.6 is 34.2 Å². The second kappa shape index (κ2) is 9.05. The predicted octanol–water partition coefficient (Wildman–Crippen LogP) is 4.41. The number of urea groups is 1. The minimum absolute atomic E-state index is 0.0544. The highest BCUT2D eigenvalue weighted by molar-refractivity contribution is 14.1. The lowest BCUT2D eigenvalue weighted by Crippen LogP contribution is -2.54. The van der Waals surface area contributed by atoms with Crippen molar-refractivity contribution < 1.29 is 23.9 Å².